The second kappa shape index (κ2) is 5.15. The van der Waals surface area contributed by atoms with Crippen molar-refractivity contribution in [3.05, 3.63) is 46.2 Å². The van der Waals surface area contributed by atoms with Gasteiger partial charge in [-0.1, -0.05) is 43.1 Å². The molecule has 1 aromatic carbocycles. The summed E-state index contributed by atoms with van der Waals surface area (Å²) in [6, 6.07) is 8.27. The molecule has 0 amide bonds. The van der Waals surface area contributed by atoms with Crippen LogP contribution in [-0.2, 0) is 6.42 Å². The fourth-order valence-electron chi connectivity index (χ4n) is 2.13. The van der Waals surface area contributed by atoms with Gasteiger partial charge in [0.25, 0.3) is 0 Å². The third-order valence-corrected chi connectivity index (χ3v) is 3.18. The van der Waals surface area contributed by atoms with Crippen molar-refractivity contribution < 1.29 is 0 Å². The molecule has 1 aromatic heterocycles. The summed E-state index contributed by atoms with van der Waals surface area (Å²) >= 11 is 6.28. The first-order valence-corrected chi connectivity index (χ1v) is 6.67. The van der Waals surface area contributed by atoms with Gasteiger partial charge in [0, 0.05) is 0 Å². The first-order chi connectivity index (χ1) is 8.47. The van der Waals surface area contributed by atoms with E-state index in [0.29, 0.717) is 11.1 Å². The number of nitrogens with zero attached hydrogens (tertiary/aromatic N) is 2. The summed E-state index contributed by atoms with van der Waals surface area (Å²) in [7, 11) is 0. The van der Waals surface area contributed by atoms with Crippen LogP contribution in [0.15, 0.2) is 24.3 Å². The van der Waals surface area contributed by atoms with Crippen molar-refractivity contribution in [1.29, 1.82) is 0 Å². The van der Waals surface area contributed by atoms with Crippen molar-refractivity contribution in [2.24, 2.45) is 5.92 Å². The first kappa shape index (κ1) is 13.2. The van der Waals surface area contributed by atoms with Gasteiger partial charge in [0.05, 0.1) is 11.4 Å². The predicted molar refractivity (Wildman–Crippen MR) is 76.6 cm³/mol. The molecule has 0 aliphatic rings. The monoisotopic (exact) mass is 262 g/mol. The molecule has 0 atom stereocenters. The summed E-state index contributed by atoms with van der Waals surface area (Å²) in [4.78, 5) is 0. The second-order valence-electron chi connectivity index (χ2n) is 5.26. The van der Waals surface area contributed by atoms with Crippen LogP contribution in [0.2, 0.25) is 5.15 Å². The molecule has 2 rings (SSSR count). The fourth-order valence-corrected chi connectivity index (χ4v) is 2.39. The van der Waals surface area contributed by atoms with Crippen molar-refractivity contribution in [2.45, 2.75) is 34.1 Å². The molecule has 2 nitrogen and oxygen atoms in total. The Kier molecular flexibility index (Phi) is 3.76. The number of rotatable bonds is 3. The van der Waals surface area contributed by atoms with Crippen molar-refractivity contribution >= 4 is 11.6 Å². The summed E-state index contributed by atoms with van der Waals surface area (Å²) in [6.45, 7) is 8.54. The van der Waals surface area contributed by atoms with E-state index in [-0.39, 0.29) is 0 Å². The molecule has 3 heteroatoms. The normalized spacial score (nSPS) is 11.2. The molecule has 0 N–H and O–H groups in total. The van der Waals surface area contributed by atoms with Gasteiger partial charge in [0.15, 0.2) is 0 Å². The van der Waals surface area contributed by atoms with Crippen LogP contribution in [0.25, 0.3) is 5.69 Å². The van der Waals surface area contributed by atoms with Crippen LogP contribution in [0, 0.1) is 19.8 Å². The zero-order chi connectivity index (χ0) is 13.3. The van der Waals surface area contributed by atoms with Crippen LogP contribution in [0.3, 0.4) is 0 Å². The van der Waals surface area contributed by atoms with Crippen LogP contribution < -0.4 is 0 Å². The standard InChI is InChI=1S/C15H19ClN2/c1-10(2)7-13-9-15(16)18(17-13)14-6-5-11(3)8-12(14)4/h5-6,8-10H,7H2,1-4H3. The smallest absolute Gasteiger partial charge is 0.133 e. The zero-order valence-electron chi connectivity index (χ0n) is 11.4. The topological polar surface area (TPSA) is 17.8 Å². The van der Waals surface area contributed by atoms with Gasteiger partial charge in [0.1, 0.15) is 5.15 Å². The van der Waals surface area contributed by atoms with E-state index in [2.05, 4.69) is 51.0 Å². The van der Waals surface area contributed by atoms with E-state index in [1.165, 1.54) is 11.1 Å². The lowest BCUT2D eigenvalue weighted by atomic mass is 10.1. The first-order valence-electron chi connectivity index (χ1n) is 6.29. The Balaban J connectivity index is 2.41. The molecule has 0 spiro atoms. The zero-order valence-corrected chi connectivity index (χ0v) is 12.1. The van der Waals surface area contributed by atoms with Gasteiger partial charge >= 0.3 is 0 Å². The maximum Gasteiger partial charge on any atom is 0.133 e. The highest BCUT2D eigenvalue weighted by Crippen LogP contribution is 2.22. The molecule has 0 saturated heterocycles. The number of aryl methyl sites for hydroxylation is 2. The molecule has 0 aliphatic carbocycles. The van der Waals surface area contributed by atoms with Gasteiger partial charge in [-0.05, 0) is 43.9 Å². The molecule has 18 heavy (non-hydrogen) atoms. The fraction of sp³-hybridized carbons (Fsp3) is 0.400. The number of hydrogen-bond donors (Lipinski definition) is 0. The summed E-state index contributed by atoms with van der Waals surface area (Å²) in [6.07, 6.45) is 0.956. The van der Waals surface area contributed by atoms with Crippen LogP contribution in [0.5, 0.6) is 0 Å². The Morgan fingerprint density at radius 1 is 1.22 bits per heavy atom. The average molecular weight is 263 g/mol. The molecular formula is C15H19ClN2. The van der Waals surface area contributed by atoms with E-state index < -0.39 is 0 Å². The SMILES string of the molecule is Cc1ccc(-n2nc(CC(C)C)cc2Cl)c(C)c1. The highest BCUT2D eigenvalue weighted by Gasteiger charge is 2.10. The minimum atomic E-state index is 0.587. The molecule has 0 radical (unpaired) electrons. The van der Waals surface area contributed by atoms with Crippen LogP contribution in [0.1, 0.15) is 30.7 Å². The quantitative estimate of drug-likeness (QED) is 0.805. The van der Waals surface area contributed by atoms with Crippen LogP contribution in [0.4, 0.5) is 0 Å². The number of hydrogen-bond acceptors (Lipinski definition) is 1. The molecule has 1 heterocycles. The lowest BCUT2D eigenvalue weighted by molar-refractivity contribution is 0.628. The molecule has 2 aromatic rings. The highest BCUT2D eigenvalue weighted by molar-refractivity contribution is 6.29. The summed E-state index contributed by atoms with van der Waals surface area (Å²) in [5, 5.41) is 5.27. The summed E-state index contributed by atoms with van der Waals surface area (Å²) in [5.41, 5.74) is 4.55. The molecule has 0 saturated carbocycles. The molecule has 0 unspecified atom stereocenters. The van der Waals surface area contributed by atoms with Crippen molar-refractivity contribution in [2.75, 3.05) is 0 Å². The summed E-state index contributed by atoms with van der Waals surface area (Å²) < 4.78 is 1.83. The molecular weight excluding hydrogens is 244 g/mol. The third kappa shape index (κ3) is 2.75. The largest absolute Gasteiger partial charge is 0.222 e. The van der Waals surface area contributed by atoms with Gasteiger partial charge in [-0.3, -0.25) is 0 Å². The van der Waals surface area contributed by atoms with E-state index in [1.807, 2.05) is 10.7 Å². The average Bonchev–Trinajstić information content (AvgIpc) is 2.58. The number of aromatic nitrogens is 2. The van der Waals surface area contributed by atoms with E-state index in [4.69, 9.17) is 11.6 Å². The lowest BCUT2D eigenvalue weighted by Crippen LogP contribution is -2.01. The van der Waals surface area contributed by atoms with E-state index >= 15 is 0 Å². The highest BCUT2D eigenvalue weighted by atomic mass is 35.5. The molecule has 0 fully saturated rings. The Morgan fingerprint density at radius 2 is 1.94 bits per heavy atom. The van der Waals surface area contributed by atoms with Crippen molar-refractivity contribution in [3.8, 4) is 5.69 Å². The van der Waals surface area contributed by atoms with Gasteiger partial charge in [-0.15, -0.1) is 0 Å². The Labute approximate surface area is 114 Å². The minimum Gasteiger partial charge on any atom is -0.222 e. The summed E-state index contributed by atoms with van der Waals surface area (Å²) in [5.74, 6) is 0.587. The predicted octanol–water partition coefficient (Wildman–Crippen LogP) is 4.34. The van der Waals surface area contributed by atoms with E-state index in [0.717, 1.165) is 17.8 Å². The maximum absolute atomic E-state index is 6.28. The van der Waals surface area contributed by atoms with Gasteiger partial charge in [-0.25, -0.2) is 4.68 Å². The molecule has 96 valence electrons. The van der Waals surface area contributed by atoms with E-state index in [1.54, 1.807) is 0 Å². The van der Waals surface area contributed by atoms with Gasteiger partial charge in [0.2, 0.25) is 0 Å². The minimum absolute atomic E-state index is 0.587. The van der Waals surface area contributed by atoms with Crippen molar-refractivity contribution in [3.63, 3.8) is 0 Å². The second-order valence-corrected chi connectivity index (χ2v) is 5.65. The number of benzene rings is 1. The van der Waals surface area contributed by atoms with Crippen LogP contribution >= 0.6 is 11.6 Å². The van der Waals surface area contributed by atoms with Crippen LogP contribution in [-0.4, -0.2) is 9.78 Å². The Bertz CT molecular complexity index is 556. The molecule has 0 bridgehead atoms. The Hall–Kier alpha value is -1.28. The van der Waals surface area contributed by atoms with Crippen molar-refractivity contribution in [1.82, 2.24) is 9.78 Å². The third-order valence-electron chi connectivity index (χ3n) is 2.91. The Morgan fingerprint density at radius 3 is 2.56 bits per heavy atom. The molecule has 0 aliphatic heterocycles. The number of halogens is 1. The van der Waals surface area contributed by atoms with E-state index in [9.17, 15) is 0 Å². The van der Waals surface area contributed by atoms with Gasteiger partial charge in [-0.2, -0.15) is 5.10 Å². The van der Waals surface area contributed by atoms with Gasteiger partial charge < -0.3 is 0 Å². The maximum atomic E-state index is 6.28. The lowest BCUT2D eigenvalue weighted by Gasteiger charge is -2.08.